The van der Waals surface area contributed by atoms with Gasteiger partial charge in [-0.2, -0.15) is 4.98 Å². The zero-order valence-corrected chi connectivity index (χ0v) is 19.1. The molecule has 3 heterocycles. The van der Waals surface area contributed by atoms with Gasteiger partial charge in [0.25, 0.3) is 0 Å². The van der Waals surface area contributed by atoms with Gasteiger partial charge in [0.15, 0.2) is 5.65 Å². The lowest BCUT2D eigenvalue weighted by Crippen LogP contribution is -2.25. The molecular formula is C25H24FN5O4. The monoisotopic (exact) mass is 477 g/mol. The van der Waals surface area contributed by atoms with Crippen molar-refractivity contribution in [2.45, 2.75) is 38.2 Å². The predicted octanol–water partition coefficient (Wildman–Crippen LogP) is 4.64. The molecule has 0 radical (unpaired) electrons. The van der Waals surface area contributed by atoms with Crippen LogP contribution in [0.1, 0.15) is 32.1 Å². The Morgan fingerprint density at radius 2 is 1.91 bits per heavy atom. The smallest absolute Gasteiger partial charge is 0.303 e. The van der Waals surface area contributed by atoms with E-state index >= 15 is 0 Å². The van der Waals surface area contributed by atoms with Crippen LogP contribution < -0.4 is 9.47 Å². The van der Waals surface area contributed by atoms with E-state index in [9.17, 15) is 9.18 Å². The van der Waals surface area contributed by atoms with Crippen molar-refractivity contribution in [3.05, 3.63) is 48.5 Å². The van der Waals surface area contributed by atoms with E-state index in [1.807, 2.05) is 0 Å². The zero-order valence-electron chi connectivity index (χ0n) is 19.1. The summed E-state index contributed by atoms with van der Waals surface area (Å²) in [7, 11) is 1.52. The Bertz CT molecular complexity index is 1350. The number of H-pyrrole nitrogens is 1. The van der Waals surface area contributed by atoms with Crippen LogP contribution in [-0.4, -0.2) is 49.2 Å². The molecule has 0 aliphatic heterocycles. The van der Waals surface area contributed by atoms with Crippen molar-refractivity contribution in [3.8, 4) is 34.4 Å². The molecule has 0 bridgehead atoms. The lowest BCUT2D eigenvalue weighted by molar-refractivity contribution is -0.138. The molecule has 1 fully saturated rings. The van der Waals surface area contributed by atoms with Crippen molar-refractivity contribution in [2.24, 2.45) is 5.92 Å². The maximum Gasteiger partial charge on any atom is 0.303 e. The van der Waals surface area contributed by atoms with E-state index in [4.69, 9.17) is 14.6 Å². The van der Waals surface area contributed by atoms with Crippen LogP contribution in [0.15, 0.2) is 42.7 Å². The van der Waals surface area contributed by atoms with Gasteiger partial charge in [-0.1, -0.05) is 6.07 Å². The topological polar surface area (TPSA) is 123 Å². The summed E-state index contributed by atoms with van der Waals surface area (Å²) in [6.07, 6.45) is 6.51. The van der Waals surface area contributed by atoms with E-state index in [1.165, 1.54) is 19.4 Å². The molecule has 1 aromatic carbocycles. The molecule has 2 N–H and O–H groups in total. The Balaban J connectivity index is 1.26. The number of hydrogen-bond donors (Lipinski definition) is 2. The summed E-state index contributed by atoms with van der Waals surface area (Å²) in [6, 6.07) is 8.28. The van der Waals surface area contributed by atoms with Crippen molar-refractivity contribution in [1.82, 2.24) is 24.9 Å². The maximum atomic E-state index is 15.0. The summed E-state index contributed by atoms with van der Waals surface area (Å²) in [5.74, 6) is 0.209. The van der Waals surface area contributed by atoms with Gasteiger partial charge in [0.2, 0.25) is 11.8 Å². The number of aromatic nitrogens is 5. The quantitative estimate of drug-likeness (QED) is 0.395. The fourth-order valence-electron chi connectivity index (χ4n) is 4.38. The van der Waals surface area contributed by atoms with Gasteiger partial charge in [0.05, 0.1) is 36.3 Å². The van der Waals surface area contributed by atoms with Crippen molar-refractivity contribution in [1.29, 1.82) is 0 Å². The lowest BCUT2D eigenvalue weighted by Gasteiger charge is -2.27. The number of imidazole rings is 1. The van der Waals surface area contributed by atoms with Gasteiger partial charge in [0.1, 0.15) is 17.7 Å². The zero-order chi connectivity index (χ0) is 24.4. The summed E-state index contributed by atoms with van der Waals surface area (Å²) in [5.41, 5.74) is 2.54. The second-order valence-corrected chi connectivity index (χ2v) is 8.60. The fourth-order valence-corrected chi connectivity index (χ4v) is 4.38. The Morgan fingerprint density at radius 3 is 2.60 bits per heavy atom. The molecule has 180 valence electrons. The summed E-state index contributed by atoms with van der Waals surface area (Å²) >= 11 is 0. The van der Waals surface area contributed by atoms with Crippen LogP contribution in [0, 0.1) is 11.7 Å². The number of hydrogen-bond acceptors (Lipinski definition) is 7. The molecule has 0 atom stereocenters. The number of rotatable bonds is 7. The van der Waals surface area contributed by atoms with Crippen LogP contribution in [0.2, 0.25) is 0 Å². The normalized spacial score (nSPS) is 17.9. The molecule has 5 rings (SSSR count). The third kappa shape index (κ3) is 5.06. The highest BCUT2D eigenvalue weighted by molar-refractivity contribution is 5.77. The van der Waals surface area contributed by atoms with Gasteiger partial charge in [-0.15, -0.1) is 0 Å². The molecule has 0 unspecified atom stereocenters. The first-order chi connectivity index (χ1) is 17.0. The standard InChI is InChI=1S/C25H24FN5O4/c1-34-21-9-8-19-25(30-21)31-24(29-19)17-7-4-15(11-18(17)26)20-12-28-22(13-27-20)35-16-5-2-14(3-6-16)10-23(32)33/h4,7-9,11-14,16H,2-3,5-6,10H2,1H3,(H,32,33)(H,29,30,31)/t14-,16-. The first-order valence-electron chi connectivity index (χ1n) is 11.4. The third-order valence-electron chi connectivity index (χ3n) is 6.22. The number of fused-ring (bicyclic) bond motifs is 1. The van der Waals surface area contributed by atoms with E-state index in [-0.39, 0.29) is 18.4 Å². The van der Waals surface area contributed by atoms with Crippen LogP contribution in [-0.2, 0) is 4.79 Å². The molecule has 35 heavy (non-hydrogen) atoms. The molecule has 9 nitrogen and oxygen atoms in total. The van der Waals surface area contributed by atoms with Crippen LogP contribution in [0.5, 0.6) is 11.8 Å². The number of nitrogens with one attached hydrogen (secondary N) is 1. The molecule has 3 aromatic heterocycles. The predicted molar refractivity (Wildman–Crippen MR) is 125 cm³/mol. The minimum absolute atomic E-state index is 0.00445. The molecule has 0 amide bonds. The minimum atomic E-state index is -0.754. The van der Waals surface area contributed by atoms with E-state index in [1.54, 1.807) is 30.5 Å². The lowest BCUT2D eigenvalue weighted by atomic mass is 9.85. The van der Waals surface area contributed by atoms with Crippen molar-refractivity contribution < 1.29 is 23.8 Å². The average Bonchev–Trinajstić information content (AvgIpc) is 3.28. The van der Waals surface area contributed by atoms with Crippen LogP contribution >= 0.6 is 0 Å². The molecular weight excluding hydrogens is 453 g/mol. The van der Waals surface area contributed by atoms with Crippen molar-refractivity contribution >= 4 is 17.1 Å². The molecule has 1 aliphatic rings. The third-order valence-corrected chi connectivity index (χ3v) is 6.22. The SMILES string of the molecule is COc1ccc2[nH]c(-c3ccc(-c4cnc(O[C@H]5CC[C@H](CC(=O)O)CC5)cn4)cc3F)nc2n1. The second-order valence-electron chi connectivity index (χ2n) is 8.60. The van der Waals surface area contributed by atoms with Crippen LogP contribution in [0.4, 0.5) is 4.39 Å². The number of benzene rings is 1. The summed E-state index contributed by atoms with van der Waals surface area (Å²) in [4.78, 5) is 31.3. The van der Waals surface area contributed by atoms with Gasteiger partial charge >= 0.3 is 5.97 Å². The number of carbonyl (C=O) groups is 1. The van der Waals surface area contributed by atoms with Gasteiger partial charge in [-0.25, -0.2) is 19.3 Å². The minimum Gasteiger partial charge on any atom is -0.481 e. The van der Waals surface area contributed by atoms with Crippen molar-refractivity contribution in [3.63, 3.8) is 0 Å². The van der Waals surface area contributed by atoms with E-state index < -0.39 is 11.8 Å². The summed E-state index contributed by atoms with van der Waals surface area (Å²) in [6.45, 7) is 0. The number of halogens is 1. The molecule has 0 spiro atoms. The number of methoxy groups -OCH3 is 1. The molecule has 0 saturated heterocycles. The second kappa shape index (κ2) is 9.65. The Hall–Kier alpha value is -4.08. The van der Waals surface area contributed by atoms with Gasteiger partial charge in [-0.05, 0) is 49.8 Å². The number of carboxylic acid groups (broad SMARTS) is 1. The largest absolute Gasteiger partial charge is 0.481 e. The number of pyridine rings is 1. The molecule has 1 aliphatic carbocycles. The first-order valence-corrected chi connectivity index (χ1v) is 11.4. The highest BCUT2D eigenvalue weighted by Gasteiger charge is 2.24. The van der Waals surface area contributed by atoms with Gasteiger partial charge in [-0.3, -0.25) is 4.79 Å². The summed E-state index contributed by atoms with van der Waals surface area (Å²) in [5, 5.41) is 8.94. The van der Waals surface area contributed by atoms with E-state index in [0.29, 0.717) is 45.6 Å². The Kier molecular flexibility index (Phi) is 6.26. The van der Waals surface area contributed by atoms with Gasteiger partial charge in [0, 0.05) is 18.1 Å². The maximum absolute atomic E-state index is 15.0. The number of carboxylic acids is 1. The highest BCUT2D eigenvalue weighted by atomic mass is 19.1. The Labute approximate surface area is 200 Å². The number of aliphatic carboxylic acids is 1. The van der Waals surface area contributed by atoms with E-state index in [0.717, 1.165) is 25.7 Å². The highest BCUT2D eigenvalue weighted by Crippen LogP contribution is 2.30. The Morgan fingerprint density at radius 1 is 1.09 bits per heavy atom. The molecule has 4 aromatic rings. The number of nitrogens with zero attached hydrogens (tertiary/aromatic N) is 4. The van der Waals surface area contributed by atoms with E-state index in [2.05, 4.69) is 24.9 Å². The number of aromatic amines is 1. The average molecular weight is 477 g/mol. The van der Waals surface area contributed by atoms with Crippen molar-refractivity contribution in [2.75, 3.05) is 7.11 Å². The molecule has 10 heteroatoms. The number of ether oxygens (including phenoxy) is 2. The van der Waals surface area contributed by atoms with Crippen LogP contribution in [0.3, 0.4) is 0 Å². The first kappa shape index (κ1) is 22.7. The van der Waals surface area contributed by atoms with Gasteiger partial charge < -0.3 is 19.6 Å². The van der Waals surface area contributed by atoms with Crippen LogP contribution in [0.25, 0.3) is 33.8 Å². The molecule has 1 saturated carbocycles. The fraction of sp³-hybridized carbons (Fsp3) is 0.320. The summed E-state index contributed by atoms with van der Waals surface area (Å²) < 4.78 is 26.0.